The highest BCUT2D eigenvalue weighted by atomic mass is 32.2. The summed E-state index contributed by atoms with van der Waals surface area (Å²) in [6.07, 6.45) is -1.76. The van der Waals surface area contributed by atoms with Gasteiger partial charge in [0.2, 0.25) is 5.91 Å². The summed E-state index contributed by atoms with van der Waals surface area (Å²) in [4.78, 5) is 34.2. The Hall–Kier alpha value is -4.02. The smallest absolute Gasteiger partial charge is 0.435 e. The van der Waals surface area contributed by atoms with E-state index in [-0.39, 0.29) is 41.7 Å². The molecule has 1 N–H and O–H groups in total. The number of pyridine rings is 1. The third-order valence-electron chi connectivity index (χ3n) is 5.96. The summed E-state index contributed by atoms with van der Waals surface area (Å²) in [5, 5.41) is 4.55. The molecule has 1 saturated heterocycles. The Bertz CT molecular complexity index is 1580. The maximum Gasteiger partial charge on any atom is 0.435 e. The molecule has 0 saturated carbocycles. The van der Waals surface area contributed by atoms with E-state index >= 15 is 0 Å². The zero-order chi connectivity index (χ0) is 30.3. The summed E-state index contributed by atoms with van der Waals surface area (Å²) in [5.74, 6) is -2.22. The maximum atomic E-state index is 14.9. The molecule has 0 bridgehead atoms. The third kappa shape index (κ3) is 7.01. The van der Waals surface area contributed by atoms with Gasteiger partial charge in [0.25, 0.3) is 0 Å². The van der Waals surface area contributed by atoms with E-state index in [1.165, 1.54) is 24.3 Å². The summed E-state index contributed by atoms with van der Waals surface area (Å²) >= 11 is 0. The Labute approximate surface area is 232 Å². The summed E-state index contributed by atoms with van der Waals surface area (Å²) in [7, 11) is -3.68. The fraction of sp³-hybridized carbons (Fsp3) is 0.458. The van der Waals surface area contributed by atoms with Gasteiger partial charge in [0.1, 0.15) is 23.7 Å². The van der Waals surface area contributed by atoms with Crippen LogP contribution in [0.15, 0.2) is 30.9 Å². The number of ether oxygens (including phenoxy) is 1. The fourth-order valence-corrected chi connectivity index (χ4v) is 5.67. The van der Waals surface area contributed by atoms with E-state index in [1.54, 1.807) is 20.8 Å². The average Bonchev–Trinajstić information content (AvgIpc) is 3.45. The first-order valence-corrected chi connectivity index (χ1v) is 14.0. The van der Waals surface area contributed by atoms with Gasteiger partial charge in [0.15, 0.2) is 27.2 Å². The number of aryl methyl sites for hydroxylation is 1. The number of nitrogens with one attached hydrogen (secondary N) is 1. The summed E-state index contributed by atoms with van der Waals surface area (Å²) in [6, 6.07) is 1.74. The van der Waals surface area contributed by atoms with Crippen molar-refractivity contribution in [3.8, 4) is 5.82 Å². The molecule has 4 heterocycles. The van der Waals surface area contributed by atoms with Crippen LogP contribution in [0.3, 0.4) is 0 Å². The average molecular weight is 602 g/mol. The van der Waals surface area contributed by atoms with Gasteiger partial charge in [0, 0.05) is 31.0 Å². The molecule has 0 aromatic carbocycles. The Morgan fingerprint density at radius 2 is 1.88 bits per heavy atom. The Balaban J connectivity index is 1.46. The summed E-state index contributed by atoms with van der Waals surface area (Å²) < 4.78 is 86.4. The van der Waals surface area contributed by atoms with Crippen LogP contribution in [-0.4, -0.2) is 74.1 Å². The van der Waals surface area contributed by atoms with Gasteiger partial charge in [-0.1, -0.05) is 0 Å². The van der Waals surface area contributed by atoms with Gasteiger partial charge >= 0.3 is 12.3 Å². The van der Waals surface area contributed by atoms with Crippen LogP contribution in [0, 0.1) is 12.7 Å². The molecule has 1 atom stereocenters. The molecular weight excluding hydrogens is 574 g/mol. The second-order valence-electron chi connectivity index (χ2n) is 10.4. The maximum absolute atomic E-state index is 14.9. The molecule has 3 aromatic heterocycles. The molecule has 4 rings (SSSR count). The number of hydrogen-bond donors (Lipinski definition) is 1. The van der Waals surface area contributed by atoms with Crippen molar-refractivity contribution in [3.05, 3.63) is 53.8 Å². The van der Waals surface area contributed by atoms with E-state index < -0.39 is 56.9 Å². The van der Waals surface area contributed by atoms with E-state index in [0.29, 0.717) is 0 Å². The van der Waals surface area contributed by atoms with Crippen molar-refractivity contribution in [1.82, 2.24) is 29.2 Å². The molecule has 41 heavy (non-hydrogen) atoms. The topological polar surface area (TPSA) is 141 Å². The lowest BCUT2D eigenvalue weighted by Crippen LogP contribution is -2.47. The van der Waals surface area contributed by atoms with Crippen molar-refractivity contribution < 1.29 is 40.3 Å². The van der Waals surface area contributed by atoms with Crippen LogP contribution < -0.4 is 5.32 Å². The zero-order valence-corrected chi connectivity index (χ0v) is 23.3. The molecule has 222 valence electrons. The zero-order valence-electron chi connectivity index (χ0n) is 22.4. The van der Waals surface area contributed by atoms with Crippen molar-refractivity contribution in [2.24, 2.45) is 0 Å². The number of amides is 2. The molecule has 12 nitrogen and oxygen atoms in total. The van der Waals surface area contributed by atoms with Crippen molar-refractivity contribution in [2.75, 3.05) is 24.2 Å². The summed E-state index contributed by atoms with van der Waals surface area (Å²) in [6.45, 7) is 5.64. The number of carbonyl (C=O) groups excluding carboxylic acids is 2. The minimum Gasteiger partial charge on any atom is -0.444 e. The normalized spacial score (nSPS) is 17.4. The van der Waals surface area contributed by atoms with E-state index in [0.717, 1.165) is 27.6 Å². The minimum atomic E-state index is -4.67. The number of rotatable bonds is 5. The van der Waals surface area contributed by atoms with E-state index in [1.807, 2.05) is 0 Å². The molecule has 0 spiro atoms. The second kappa shape index (κ2) is 10.8. The fourth-order valence-electron chi connectivity index (χ4n) is 4.01. The molecule has 1 fully saturated rings. The SMILES string of the molecule is Cc1cc(C(F)(F)F)nn1CC(=O)Nc1cnc(-n2cnc(C3CN(C(=O)OC(C)(C)C)CCS3(=O)=O)c2)c(F)c1. The number of imidazole rings is 1. The molecule has 0 aliphatic carbocycles. The molecule has 1 aliphatic heterocycles. The third-order valence-corrected chi connectivity index (χ3v) is 7.97. The number of sulfone groups is 1. The van der Waals surface area contributed by atoms with Gasteiger partial charge in [-0.05, 0) is 33.8 Å². The Kier molecular flexibility index (Phi) is 7.86. The van der Waals surface area contributed by atoms with Crippen LogP contribution in [0.2, 0.25) is 0 Å². The Morgan fingerprint density at radius 1 is 1.17 bits per heavy atom. The molecule has 1 aliphatic rings. The lowest BCUT2D eigenvalue weighted by atomic mass is 10.2. The highest BCUT2D eigenvalue weighted by molar-refractivity contribution is 7.91. The van der Waals surface area contributed by atoms with E-state index in [9.17, 15) is 35.6 Å². The van der Waals surface area contributed by atoms with Gasteiger partial charge in [-0.2, -0.15) is 18.3 Å². The van der Waals surface area contributed by atoms with Gasteiger partial charge < -0.3 is 15.0 Å². The monoisotopic (exact) mass is 601 g/mol. The Morgan fingerprint density at radius 3 is 2.49 bits per heavy atom. The van der Waals surface area contributed by atoms with Crippen LogP contribution in [0.25, 0.3) is 5.82 Å². The first-order chi connectivity index (χ1) is 18.9. The molecule has 2 amide bonds. The van der Waals surface area contributed by atoms with Crippen LogP contribution in [-0.2, 0) is 32.1 Å². The highest BCUT2D eigenvalue weighted by Crippen LogP contribution is 2.30. The largest absolute Gasteiger partial charge is 0.444 e. The van der Waals surface area contributed by atoms with E-state index in [4.69, 9.17) is 4.74 Å². The van der Waals surface area contributed by atoms with Crippen LogP contribution in [0.1, 0.15) is 43.1 Å². The number of nitrogens with zero attached hydrogens (tertiary/aromatic N) is 6. The quantitative estimate of drug-likeness (QED) is 0.440. The minimum absolute atomic E-state index is 0.0404. The van der Waals surface area contributed by atoms with Gasteiger partial charge in [0.05, 0.1) is 23.3 Å². The number of halogens is 4. The van der Waals surface area contributed by atoms with Crippen LogP contribution in [0.4, 0.5) is 28.0 Å². The standard InChI is InChI=1S/C24H27F4N7O5S/c1-14-7-19(24(26,27)28)32-35(14)12-20(36)31-15-8-16(25)21(29-9-15)34-10-17(30-13-34)18-11-33(5-6-41(18,38)39)22(37)40-23(2,3)4/h7-10,13,18H,5-6,11-12H2,1-4H3,(H,31,36). The highest BCUT2D eigenvalue weighted by Gasteiger charge is 2.39. The predicted molar refractivity (Wildman–Crippen MR) is 136 cm³/mol. The van der Waals surface area contributed by atoms with Crippen molar-refractivity contribution in [2.45, 2.75) is 51.3 Å². The van der Waals surface area contributed by atoms with E-state index in [2.05, 4.69) is 20.4 Å². The van der Waals surface area contributed by atoms with Gasteiger partial charge in [-0.25, -0.2) is 27.6 Å². The second-order valence-corrected chi connectivity index (χ2v) is 12.7. The lowest BCUT2D eigenvalue weighted by Gasteiger charge is -2.33. The van der Waals surface area contributed by atoms with Gasteiger partial charge in [-0.15, -0.1) is 0 Å². The number of anilines is 1. The van der Waals surface area contributed by atoms with Crippen molar-refractivity contribution in [1.29, 1.82) is 0 Å². The predicted octanol–water partition coefficient (Wildman–Crippen LogP) is 3.28. The molecule has 3 aromatic rings. The number of alkyl halides is 3. The summed E-state index contributed by atoms with van der Waals surface area (Å²) in [5.41, 5.74) is -1.80. The molecule has 17 heteroatoms. The van der Waals surface area contributed by atoms with Crippen molar-refractivity contribution >= 4 is 27.5 Å². The lowest BCUT2D eigenvalue weighted by molar-refractivity contribution is -0.141. The molecule has 0 radical (unpaired) electrons. The number of aromatic nitrogens is 5. The first kappa shape index (κ1) is 30.0. The molecule has 1 unspecified atom stereocenters. The van der Waals surface area contributed by atoms with Crippen LogP contribution in [0.5, 0.6) is 0 Å². The molecular formula is C24H27F4N7O5S. The first-order valence-electron chi connectivity index (χ1n) is 12.2. The number of hydrogen-bond acceptors (Lipinski definition) is 8. The van der Waals surface area contributed by atoms with Gasteiger partial charge in [-0.3, -0.25) is 14.0 Å². The van der Waals surface area contributed by atoms with Crippen LogP contribution >= 0.6 is 0 Å². The number of carbonyl (C=O) groups is 2. The van der Waals surface area contributed by atoms with Crippen molar-refractivity contribution in [3.63, 3.8) is 0 Å².